The van der Waals surface area contributed by atoms with E-state index in [9.17, 15) is 4.79 Å². The Bertz CT molecular complexity index is 932. The zero-order chi connectivity index (χ0) is 19.2. The molecule has 0 fully saturated rings. The van der Waals surface area contributed by atoms with E-state index in [1.807, 2.05) is 31.2 Å². The lowest BCUT2D eigenvalue weighted by molar-refractivity contribution is -0.113. The highest BCUT2D eigenvalue weighted by Gasteiger charge is 2.12. The van der Waals surface area contributed by atoms with Gasteiger partial charge in [0.1, 0.15) is 5.75 Å². The summed E-state index contributed by atoms with van der Waals surface area (Å²) in [6.07, 6.45) is 0. The number of hydrogen-bond acceptors (Lipinski definition) is 6. The molecule has 0 aliphatic rings. The minimum absolute atomic E-state index is 0.101. The number of nitrogens with one attached hydrogen (secondary N) is 1. The van der Waals surface area contributed by atoms with E-state index in [1.54, 1.807) is 18.2 Å². The first-order chi connectivity index (χ1) is 13.0. The maximum Gasteiger partial charge on any atom is 0.277 e. The molecule has 9 heteroatoms. The van der Waals surface area contributed by atoms with Gasteiger partial charge < -0.3 is 14.5 Å². The molecule has 1 aromatic heterocycles. The summed E-state index contributed by atoms with van der Waals surface area (Å²) in [5.41, 5.74) is 1.27. The summed E-state index contributed by atoms with van der Waals surface area (Å²) in [6, 6.07) is 12.2. The molecule has 140 valence electrons. The number of carbonyl (C=O) groups is 1. The molecule has 0 unspecified atom stereocenters. The summed E-state index contributed by atoms with van der Waals surface area (Å²) >= 11 is 13.0. The number of benzene rings is 2. The SMILES string of the molecule is CCOc1ccc(-c2nnc(SCC(=O)Nc3ccc(Cl)cc3Cl)o2)cc1. The third-order valence-electron chi connectivity index (χ3n) is 3.35. The van der Waals surface area contributed by atoms with Crippen LogP contribution in [0.5, 0.6) is 5.75 Å². The predicted octanol–water partition coefficient (Wildman–Crippen LogP) is 5.17. The van der Waals surface area contributed by atoms with Crippen molar-refractivity contribution in [3.63, 3.8) is 0 Å². The molecule has 1 N–H and O–H groups in total. The quantitative estimate of drug-likeness (QED) is 0.527. The average molecular weight is 424 g/mol. The molecular formula is C18H15Cl2N3O3S. The number of carbonyl (C=O) groups excluding carboxylic acids is 1. The molecule has 2 aromatic carbocycles. The Balaban J connectivity index is 1.56. The number of aromatic nitrogens is 2. The van der Waals surface area contributed by atoms with Gasteiger partial charge in [-0.1, -0.05) is 35.0 Å². The van der Waals surface area contributed by atoms with E-state index < -0.39 is 0 Å². The van der Waals surface area contributed by atoms with Crippen LogP contribution in [0.1, 0.15) is 6.92 Å². The molecule has 0 aliphatic carbocycles. The molecule has 0 radical (unpaired) electrons. The van der Waals surface area contributed by atoms with Crippen LogP contribution in [0, 0.1) is 0 Å². The van der Waals surface area contributed by atoms with Crippen molar-refractivity contribution in [1.29, 1.82) is 0 Å². The Morgan fingerprint density at radius 3 is 2.67 bits per heavy atom. The smallest absolute Gasteiger partial charge is 0.277 e. The van der Waals surface area contributed by atoms with E-state index in [-0.39, 0.29) is 11.7 Å². The van der Waals surface area contributed by atoms with Crippen LogP contribution in [0.2, 0.25) is 10.0 Å². The lowest BCUT2D eigenvalue weighted by atomic mass is 10.2. The normalized spacial score (nSPS) is 10.6. The Labute approximate surface area is 170 Å². The Morgan fingerprint density at radius 2 is 1.96 bits per heavy atom. The van der Waals surface area contributed by atoms with Crippen LogP contribution < -0.4 is 10.1 Å². The van der Waals surface area contributed by atoms with Gasteiger partial charge in [0.2, 0.25) is 11.8 Å². The van der Waals surface area contributed by atoms with Gasteiger partial charge >= 0.3 is 0 Å². The molecule has 27 heavy (non-hydrogen) atoms. The van der Waals surface area contributed by atoms with Crippen molar-refractivity contribution >= 4 is 46.6 Å². The first-order valence-corrected chi connectivity index (χ1v) is 9.73. The van der Waals surface area contributed by atoms with Gasteiger partial charge in [0, 0.05) is 10.6 Å². The van der Waals surface area contributed by atoms with E-state index in [2.05, 4.69) is 15.5 Å². The Hall–Kier alpha value is -2.22. The zero-order valence-electron chi connectivity index (χ0n) is 14.2. The Morgan fingerprint density at radius 1 is 1.19 bits per heavy atom. The molecule has 0 atom stereocenters. The minimum Gasteiger partial charge on any atom is -0.494 e. The molecule has 6 nitrogen and oxygen atoms in total. The number of nitrogens with zero attached hydrogens (tertiary/aromatic N) is 2. The number of thioether (sulfide) groups is 1. The number of hydrogen-bond donors (Lipinski definition) is 1. The maximum absolute atomic E-state index is 12.1. The molecule has 0 bridgehead atoms. The van der Waals surface area contributed by atoms with Gasteiger partial charge in [-0.25, -0.2) is 0 Å². The summed E-state index contributed by atoms with van der Waals surface area (Å²) in [5.74, 6) is 1.00. The third kappa shape index (κ3) is 5.38. The van der Waals surface area contributed by atoms with Crippen LogP contribution >= 0.6 is 35.0 Å². The Kier molecular flexibility index (Phi) is 6.60. The number of amides is 1. The van der Waals surface area contributed by atoms with Crippen LogP contribution in [0.15, 0.2) is 52.1 Å². The van der Waals surface area contributed by atoms with Crippen LogP contribution in [0.25, 0.3) is 11.5 Å². The first kappa shape index (κ1) is 19.5. The van der Waals surface area contributed by atoms with E-state index in [0.29, 0.717) is 33.5 Å². The summed E-state index contributed by atoms with van der Waals surface area (Å²) in [5, 5.41) is 11.8. The molecule has 3 rings (SSSR count). The second-order valence-electron chi connectivity index (χ2n) is 5.29. The minimum atomic E-state index is -0.245. The van der Waals surface area contributed by atoms with E-state index in [4.69, 9.17) is 32.4 Å². The predicted molar refractivity (Wildman–Crippen MR) is 107 cm³/mol. The molecule has 0 saturated heterocycles. The highest BCUT2D eigenvalue weighted by atomic mass is 35.5. The fraction of sp³-hybridized carbons (Fsp3) is 0.167. The van der Waals surface area contributed by atoms with Crippen molar-refractivity contribution in [1.82, 2.24) is 10.2 Å². The van der Waals surface area contributed by atoms with Gasteiger partial charge in [-0.3, -0.25) is 4.79 Å². The number of halogens is 2. The summed E-state index contributed by atoms with van der Waals surface area (Å²) in [7, 11) is 0. The van der Waals surface area contributed by atoms with Crippen molar-refractivity contribution in [3.8, 4) is 17.2 Å². The molecule has 0 spiro atoms. The van der Waals surface area contributed by atoms with Crippen molar-refractivity contribution in [2.24, 2.45) is 0 Å². The molecule has 0 saturated carbocycles. The standard InChI is InChI=1S/C18H15Cl2N3O3S/c1-2-25-13-6-3-11(4-7-13)17-22-23-18(26-17)27-10-16(24)21-15-8-5-12(19)9-14(15)20/h3-9H,2,10H2,1H3,(H,21,24). The van der Waals surface area contributed by atoms with Gasteiger partial charge in [-0.15, -0.1) is 10.2 Å². The first-order valence-electron chi connectivity index (χ1n) is 7.99. The molecular weight excluding hydrogens is 409 g/mol. The fourth-order valence-electron chi connectivity index (χ4n) is 2.15. The van der Waals surface area contributed by atoms with Gasteiger partial charge in [-0.05, 0) is 49.4 Å². The fourth-order valence-corrected chi connectivity index (χ4v) is 3.17. The van der Waals surface area contributed by atoms with Crippen LogP contribution in [0.4, 0.5) is 5.69 Å². The van der Waals surface area contributed by atoms with Crippen molar-refractivity contribution < 1.29 is 13.9 Å². The maximum atomic E-state index is 12.1. The monoisotopic (exact) mass is 423 g/mol. The second kappa shape index (κ2) is 9.12. The summed E-state index contributed by atoms with van der Waals surface area (Å²) < 4.78 is 11.0. The molecule has 3 aromatic rings. The lowest BCUT2D eigenvalue weighted by Crippen LogP contribution is -2.14. The van der Waals surface area contributed by atoms with E-state index in [1.165, 1.54) is 0 Å². The lowest BCUT2D eigenvalue weighted by Gasteiger charge is -2.06. The number of ether oxygens (including phenoxy) is 1. The van der Waals surface area contributed by atoms with Crippen LogP contribution in [-0.4, -0.2) is 28.5 Å². The van der Waals surface area contributed by atoms with Gasteiger partial charge in [0.15, 0.2) is 0 Å². The highest BCUT2D eigenvalue weighted by Crippen LogP contribution is 2.27. The third-order valence-corrected chi connectivity index (χ3v) is 4.72. The van der Waals surface area contributed by atoms with Crippen LogP contribution in [-0.2, 0) is 4.79 Å². The van der Waals surface area contributed by atoms with Crippen molar-refractivity contribution in [2.45, 2.75) is 12.1 Å². The molecule has 1 heterocycles. The largest absolute Gasteiger partial charge is 0.494 e. The highest BCUT2D eigenvalue weighted by molar-refractivity contribution is 7.99. The second-order valence-corrected chi connectivity index (χ2v) is 7.06. The van der Waals surface area contributed by atoms with Gasteiger partial charge in [0.05, 0.1) is 23.1 Å². The van der Waals surface area contributed by atoms with Crippen LogP contribution in [0.3, 0.4) is 0 Å². The molecule has 1 amide bonds. The zero-order valence-corrected chi connectivity index (χ0v) is 16.6. The van der Waals surface area contributed by atoms with Crippen molar-refractivity contribution in [2.75, 3.05) is 17.7 Å². The van der Waals surface area contributed by atoms with Gasteiger partial charge in [0.25, 0.3) is 5.22 Å². The topological polar surface area (TPSA) is 77.2 Å². The van der Waals surface area contributed by atoms with Gasteiger partial charge in [-0.2, -0.15) is 0 Å². The number of rotatable bonds is 7. The van der Waals surface area contributed by atoms with E-state index in [0.717, 1.165) is 23.1 Å². The summed E-state index contributed by atoms with van der Waals surface area (Å²) in [6.45, 7) is 2.52. The molecule has 0 aliphatic heterocycles. The van der Waals surface area contributed by atoms with E-state index >= 15 is 0 Å². The average Bonchev–Trinajstić information content (AvgIpc) is 3.12. The number of anilines is 1. The van der Waals surface area contributed by atoms with Crippen molar-refractivity contribution in [3.05, 3.63) is 52.5 Å². The summed E-state index contributed by atoms with van der Waals surface area (Å²) in [4.78, 5) is 12.1.